The second-order valence-electron chi connectivity index (χ2n) is 9.56. The molecule has 7 rings (SSSR count). The molecule has 2 heterocycles. The van der Waals surface area contributed by atoms with Crippen LogP contribution in [0, 0.1) is 0 Å². The van der Waals surface area contributed by atoms with Gasteiger partial charge in [0.15, 0.2) is 0 Å². The maximum atomic E-state index is 4.79. The summed E-state index contributed by atoms with van der Waals surface area (Å²) >= 11 is 0. The summed E-state index contributed by atoms with van der Waals surface area (Å²) < 4.78 is 2.30. The number of fused-ring (bicyclic) bond motifs is 7. The van der Waals surface area contributed by atoms with E-state index in [1.807, 2.05) is 12.3 Å². The Morgan fingerprint density at radius 2 is 1.41 bits per heavy atom. The van der Waals surface area contributed by atoms with Gasteiger partial charge < -0.3 is 4.57 Å². The lowest BCUT2D eigenvalue weighted by Gasteiger charge is -2.22. The van der Waals surface area contributed by atoms with Gasteiger partial charge in [0.1, 0.15) is 11.8 Å². The van der Waals surface area contributed by atoms with Crippen LogP contribution < -0.4 is 0 Å². The second kappa shape index (κ2) is 6.88. The van der Waals surface area contributed by atoms with E-state index < -0.39 is 0 Å². The predicted molar refractivity (Wildman–Crippen MR) is 139 cm³/mol. The summed E-state index contributed by atoms with van der Waals surface area (Å²) in [6.07, 6.45) is 3.61. The van der Waals surface area contributed by atoms with E-state index >= 15 is 0 Å². The van der Waals surface area contributed by atoms with Crippen molar-refractivity contribution in [1.29, 1.82) is 0 Å². The Labute approximate surface area is 198 Å². The maximum absolute atomic E-state index is 4.79. The van der Waals surface area contributed by atoms with Crippen LogP contribution >= 0.6 is 0 Å². The van der Waals surface area contributed by atoms with Gasteiger partial charge in [0.05, 0.1) is 17.2 Å². The fourth-order valence-corrected chi connectivity index (χ4v) is 5.81. The molecule has 0 aliphatic heterocycles. The van der Waals surface area contributed by atoms with E-state index in [1.54, 1.807) is 6.33 Å². The molecule has 2 aromatic heterocycles. The first kappa shape index (κ1) is 19.2. The van der Waals surface area contributed by atoms with Gasteiger partial charge in [-0.25, -0.2) is 9.97 Å². The van der Waals surface area contributed by atoms with Gasteiger partial charge in [0.2, 0.25) is 0 Å². The van der Waals surface area contributed by atoms with Gasteiger partial charge in [-0.1, -0.05) is 86.6 Å². The van der Waals surface area contributed by atoms with Crippen molar-refractivity contribution in [2.24, 2.45) is 0 Å². The van der Waals surface area contributed by atoms with E-state index in [2.05, 4.69) is 108 Å². The summed E-state index contributed by atoms with van der Waals surface area (Å²) in [7, 11) is 0. The Morgan fingerprint density at radius 1 is 0.676 bits per heavy atom. The zero-order valence-corrected chi connectivity index (χ0v) is 19.2. The quantitative estimate of drug-likeness (QED) is 0.280. The number of benzene rings is 4. The monoisotopic (exact) mass is 437 g/mol. The topological polar surface area (TPSA) is 30.7 Å². The average molecular weight is 438 g/mol. The lowest BCUT2D eigenvalue weighted by atomic mass is 9.81. The van der Waals surface area contributed by atoms with Crippen molar-refractivity contribution in [3.8, 4) is 27.9 Å². The molecule has 34 heavy (non-hydrogen) atoms. The molecule has 0 saturated carbocycles. The molecule has 0 amide bonds. The van der Waals surface area contributed by atoms with Crippen LogP contribution in [-0.4, -0.2) is 14.5 Å². The zero-order valence-electron chi connectivity index (χ0n) is 19.2. The highest BCUT2D eigenvalue weighted by Crippen LogP contribution is 2.52. The molecule has 1 aliphatic carbocycles. The van der Waals surface area contributed by atoms with Gasteiger partial charge in [-0.2, -0.15) is 0 Å². The van der Waals surface area contributed by atoms with Gasteiger partial charge in [0.25, 0.3) is 0 Å². The van der Waals surface area contributed by atoms with Crippen LogP contribution in [-0.2, 0) is 5.41 Å². The summed E-state index contributed by atoms with van der Waals surface area (Å²) in [5, 5.41) is 1.23. The van der Waals surface area contributed by atoms with Gasteiger partial charge in [-0.3, -0.25) is 0 Å². The van der Waals surface area contributed by atoms with Crippen molar-refractivity contribution in [2.75, 3.05) is 0 Å². The summed E-state index contributed by atoms with van der Waals surface area (Å²) in [6, 6.07) is 32.6. The number of aromatic nitrogens is 3. The normalized spacial score (nSPS) is 13.8. The third-order valence-corrected chi connectivity index (χ3v) is 7.34. The minimum Gasteiger partial charge on any atom is -0.306 e. The summed E-state index contributed by atoms with van der Waals surface area (Å²) in [4.78, 5) is 9.19. The highest BCUT2D eigenvalue weighted by atomic mass is 15.0. The fraction of sp³-hybridized carbons (Fsp3) is 0.0968. The highest BCUT2D eigenvalue weighted by Gasteiger charge is 2.38. The molecule has 0 N–H and O–H groups in total. The molecule has 3 heteroatoms. The molecule has 162 valence electrons. The number of hydrogen-bond acceptors (Lipinski definition) is 2. The first-order valence-electron chi connectivity index (χ1n) is 11.7. The molecule has 0 fully saturated rings. The zero-order chi connectivity index (χ0) is 22.9. The van der Waals surface area contributed by atoms with Crippen LogP contribution in [0.4, 0.5) is 0 Å². The van der Waals surface area contributed by atoms with Crippen LogP contribution in [0.5, 0.6) is 0 Å². The largest absolute Gasteiger partial charge is 0.306 e. The minimum atomic E-state index is -0.104. The number of rotatable bonds is 2. The molecule has 0 saturated heterocycles. The lowest BCUT2D eigenvalue weighted by Crippen LogP contribution is -2.15. The Hall–Kier alpha value is -4.24. The van der Waals surface area contributed by atoms with Crippen LogP contribution in [0.25, 0.3) is 49.9 Å². The van der Waals surface area contributed by atoms with Crippen LogP contribution in [0.3, 0.4) is 0 Å². The summed E-state index contributed by atoms with van der Waals surface area (Å²) in [5.74, 6) is 0. The Bertz CT molecular complexity index is 1710. The van der Waals surface area contributed by atoms with Crippen LogP contribution in [0.2, 0.25) is 0 Å². The van der Waals surface area contributed by atoms with Crippen molar-refractivity contribution in [3.63, 3.8) is 0 Å². The lowest BCUT2D eigenvalue weighted by molar-refractivity contribution is 0.666. The maximum Gasteiger partial charge on any atom is 0.116 e. The molecule has 0 spiro atoms. The molecule has 6 aromatic rings. The molecule has 0 atom stereocenters. The number of hydrogen-bond donors (Lipinski definition) is 0. The van der Waals surface area contributed by atoms with Crippen molar-refractivity contribution >= 4 is 21.9 Å². The van der Waals surface area contributed by atoms with Crippen molar-refractivity contribution in [3.05, 3.63) is 115 Å². The molecule has 1 aliphatic rings. The summed E-state index contributed by atoms with van der Waals surface area (Å²) in [6.45, 7) is 4.66. The average Bonchev–Trinajstić information content (AvgIpc) is 3.34. The van der Waals surface area contributed by atoms with Crippen molar-refractivity contribution in [2.45, 2.75) is 19.3 Å². The van der Waals surface area contributed by atoms with Gasteiger partial charge >= 0.3 is 0 Å². The van der Waals surface area contributed by atoms with E-state index in [-0.39, 0.29) is 5.41 Å². The molecule has 4 aromatic carbocycles. The van der Waals surface area contributed by atoms with E-state index in [9.17, 15) is 0 Å². The number of nitrogens with zero attached hydrogens (tertiary/aromatic N) is 3. The highest BCUT2D eigenvalue weighted by molar-refractivity contribution is 6.12. The minimum absolute atomic E-state index is 0.104. The Kier molecular flexibility index (Phi) is 3.89. The van der Waals surface area contributed by atoms with Gasteiger partial charge in [0, 0.05) is 16.5 Å². The Morgan fingerprint density at radius 3 is 2.24 bits per heavy atom. The Balaban J connectivity index is 1.52. The SMILES string of the molecule is CC1(C)c2ccccc2-c2ccc3c(c21)c1ncncc1n3-c1ccc(-c2ccccc2)cc1. The molecule has 0 unspecified atom stereocenters. The van der Waals surface area contributed by atoms with Crippen molar-refractivity contribution < 1.29 is 0 Å². The predicted octanol–water partition coefficient (Wildman–Crippen LogP) is 7.55. The molecule has 0 bridgehead atoms. The van der Waals surface area contributed by atoms with E-state index in [4.69, 9.17) is 4.98 Å². The molecular weight excluding hydrogens is 414 g/mol. The third kappa shape index (κ3) is 2.52. The molecule has 3 nitrogen and oxygen atoms in total. The second-order valence-corrected chi connectivity index (χ2v) is 9.56. The standard InChI is InChI=1S/C31H23N3/c1-31(2)25-11-7-6-10-23(25)24-16-17-26-28(29(24)31)30-27(18-32-19-33-30)34(26)22-14-12-21(13-15-22)20-8-4-3-5-9-20/h3-19H,1-2H3. The first-order valence-corrected chi connectivity index (χ1v) is 11.7. The smallest absolute Gasteiger partial charge is 0.116 e. The van der Waals surface area contributed by atoms with E-state index in [0.717, 1.165) is 16.7 Å². The van der Waals surface area contributed by atoms with Gasteiger partial charge in [-0.05, 0) is 51.6 Å². The fourth-order valence-electron chi connectivity index (χ4n) is 5.81. The summed E-state index contributed by atoms with van der Waals surface area (Å²) in [5.41, 5.74) is 12.0. The first-order chi connectivity index (χ1) is 16.6. The third-order valence-electron chi connectivity index (χ3n) is 7.34. The van der Waals surface area contributed by atoms with Crippen molar-refractivity contribution in [1.82, 2.24) is 14.5 Å². The van der Waals surface area contributed by atoms with Crippen LogP contribution in [0.1, 0.15) is 25.0 Å². The van der Waals surface area contributed by atoms with Crippen LogP contribution in [0.15, 0.2) is 104 Å². The molecular formula is C31H23N3. The molecule has 0 radical (unpaired) electrons. The van der Waals surface area contributed by atoms with Gasteiger partial charge in [-0.15, -0.1) is 0 Å². The van der Waals surface area contributed by atoms with E-state index in [0.29, 0.717) is 0 Å². The van der Waals surface area contributed by atoms with E-state index in [1.165, 1.54) is 44.3 Å².